The summed E-state index contributed by atoms with van der Waals surface area (Å²) in [5.41, 5.74) is 3.20. The predicted octanol–water partition coefficient (Wildman–Crippen LogP) is 4.75. The standard InChI is InChI=1S/C23H27F2N3S/c1-16-13-28(14-17(2)26-16)23-6-4-3-5-18(23)11-20-15-27(9-10-29-20)19-7-8-21(24)22(25)12-19/h3-8,11-12,16-17,26H,9-10,13-15H2,1-2H3. The lowest BCUT2D eigenvalue weighted by molar-refractivity contribution is 0.407. The average Bonchev–Trinajstić information content (AvgIpc) is 2.70. The molecule has 0 saturated carbocycles. The lowest BCUT2D eigenvalue weighted by atomic mass is 10.1. The van der Waals surface area contributed by atoms with Crippen molar-refractivity contribution in [3.63, 3.8) is 0 Å². The normalized spacial score (nSPS) is 24.2. The van der Waals surface area contributed by atoms with E-state index < -0.39 is 11.6 Å². The maximum absolute atomic E-state index is 13.7. The molecule has 2 fully saturated rings. The third-order valence-electron chi connectivity index (χ3n) is 5.42. The Kier molecular flexibility index (Phi) is 6.11. The summed E-state index contributed by atoms with van der Waals surface area (Å²) in [7, 11) is 0. The second-order valence-electron chi connectivity index (χ2n) is 7.91. The molecule has 2 aromatic carbocycles. The summed E-state index contributed by atoms with van der Waals surface area (Å²) in [5.74, 6) is -0.669. The fraction of sp³-hybridized carbons (Fsp3) is 0.391. The molecule has 0 spiro atoms. The van der Waals surface area contributed by atoms with Gasteiger partial charge >= 0.3 is 0 Å². The second-order valence-corrected chi connectivity index (χ2v) is 9.13. The predicted molar refractivity (Wildman–Crippen MR) is 120 cm³/mol. The zero-order valence-corrected chi connectivity index (χ0v) is 17.7. The van der Waals surface area contributed by atoms with Crippen LogP contribution in [0.1, 0.15) is 19.4 Å². The Labute approximate surface area is 175 Å². The van der Waals surface area contributed by atoms with Gasteiger partial charge in [0.2, 0.25) is 0 Å². The number of nitrogens with zero attached hydrogens (tertiary/aromatic N) is 2. The summed E-state index contributed by atoms with van der Waals surface area (Å²) in [6.45, 7) is 7.94. The molecule has 0 aliphatic carbocycles. The molecule has 6 heteroatoms. The monoisotopic (exact) mass is 415 g/mol. The topological polar surface area (TPSA) is 18.5 Å². The summed E-state index contributed by atoms with van der Waals surface area (Å²) in [6, 6.07) is 13.6. The van der Waals surface area contributed by atoms with Gasteiger partial charge < -0.3 is 15.1 Å². The van der Waals surface area contributed by atoms with Crippen LogP contribution in [-0.2, 0) is 0 Å². The molecule has 3 nitrogen and oxygen atoms in total. The number of benzene rings is 2. The molecule has 1 N–H and O–H groups in total. The number of para-hydroxylation sites is 1. The van der Waals surface area contributed by atoms with Gasteiger partial charge in [-0.1, -0.05) is 18.2 Å². The molecule has 0 bridgehead atoms. The van der Waals surface area contributed by atoms with Gasteiger partial charge in [0.05, 0.1) is 0 Å². The van der Waals surface area contributed by atoms with Gasteiger partial charge in [-0.05, 0) is 43.7 Å². The maximum atomic E-state index is 13.7. The van der Waals surface area contributed by atoms with E-state index in [0.717, 1.165) is 31.1 Å². The number of hydrogen-bond donors (Lipinski definition) is 1. The van der Waals surface area contributed by atoms with Gasteiger partial charge in [0.15, 0.2) is 11.6 Å². The summed E-state index contributed by atoms with van der Waals surface area (Å²) in [4.78, 5) is 5.81. The van der Waals surface area contributed by atoms with Crippen molar-refractivity contribution in [2.45, 2.75) is 25.9 Å². The number of thioether (sulfide) groups is 1. The van der Waals surface area contributed by atoms with Crippen LogP contribution >= 0.6 is 11.8 Å². The highest BCUT2D eigenvalue weighted by molar-refractivity contribution is 8.03. The zero-order valence-electron chi connectivity index (χ0n) is 16.9. The molecule has 2 heterocycles. The smallest absolute Gasteiger partial charge is 0.160 e. The van der Waals surface area contributed by atoms with Crippen LogP contribution in [-0.4, -0.2) is 44.0 Å². The van der Waals surface area contributed by atoms with E-state index in [9.17, 15) is 8.78 Å². The summed E-state index contributed by atoms with van der Waals surface area (Å²) in [5, 5.41) is 3.59. The maximum Gasteiger partial charge on any atom is 0.160 e. The number of piperazine rings is 1. The number of hydrogen-bond acceptors (Lipinski definition) is 4. The van der Waals surface area contributed by atoms with Crippen molar-refractivity contribution < 1.29 is 8.78 Å². The average molecular weight is 416 g/mol. The van der Waals surface area contributed by atoms with Gasteiger partial charge in [0.1, 0.15) is 0 Å². The van der Waals surface area contributed by atoms with Crippen molar-refractivity contribution in [2.75, 3.05) is 41.7 Å². The largest absolute Gasteiger partial charge is 0.368 e. The van der Waals surface area contributed by atoms with Gasteiger partial charge in [-0.2, -0.15) is 0 Å². The van der Waals surface area contributed by atoms with Gasteiger partial charge in [0.25, 0.3) is 0 Å². The molecule has 2 unspecified atom stereocenters. The Balaban J connectivity index is 1.57. The molecule has 2 aliphatic heterocycles. The second kappa shape index (κ2) is 8.76. The van der Waals surface area contributed by atoms with Gasteiger partial charge in [-0.15, -0.1) is 11.8 Å². The molecule has 0 amide bonds. The molecule has 29 heavy (non-hydrogen) atoms. The molecular formula is C23H27F2N3S. The van der Waals surface area contributed by atoms with Crippen LogP contribution < -0.4 is 15.1 Å². The zero-order chi connectivity index (χ0) is 20.4. The van der Waals surface area contributed by atoms with Crippen LogP contribution in [0.5, 0.6) is 0 Å². The van der Waals surface area contributed by atoms with Crippen molar-refractivity contribution in [1.82, 2.24) is 5.32 Å². The number of halogens is 2. The molecule has 2 atom stereocenters. The van der Waals surface area contributed by atoms with E-state index in [-0.39, 0.29) is 0 Å². The van der Waals surface area contributed by atoms with E-state index >= 15 is 0 Å². The highest BCUT2D eigenvalue weighted by Gasteiger charge is 2.23. The van der Waals surface area contributed by atoms with Gasteiger partial charge in [-0.3, -0.25) is 0 Å². The first-order chi connectivity index (χ1) is 14.0. The van der Waals surface area contributed by atoms with Crippen LogP contribution in [0.4, 0.5) is 20.2 Å². The number of rotatable bonds is 3. The Bertz CT molecular complexity index is 891. The first-order valence-electron chi connectivity index (χ1n) is 10.1. The van der Waals surface area contributed by atoms with E-state index in [1.54, 1.807) is 6.07 Å². The molecule has 4 rings (SSSR count). The Morgan fingerprint density at radius 3 is 2.52 bits per heavy atom. The fourth-order valence-electron chi connectivity index (χ4n) is 4.18. The highest BCUT2D eigenvalue weighted by atomic mass is 32.2. The molecule has 2 aliphatic rings. The van der Waals surface area contributed by atoms with Crippen LogP contribution in [0.2, 0.25) is 0 Å². The Morgan fingerprint density at radius 1 is 1.00 bits per heavy atom. The molecular weight excluding hydrogens is 388 g/mol. The highest BCUT2D eigenvalue weighted by Crippen LogP contribution is 2.32. The van der Waals surface area contributed by atoms with Crippen LogP contribution in [0, 0.1) is 11.6 Å². The minimum Gasteiger partial charge on any atom is -0.368 e. The third-order valence-corrected chi connectivity index (χ3v) is 6.42. The van der Waals surface area contributed by atoms with Crippen molar-refractivity contribution in [2.24, 2.45) is 0 Å². The van der Waals surface area contributed by atoms with Crippen molar-refractivity contribution in [1.29, 1.82) is 0 Å². The van der Waals surface area contributed by atoms with Crippen LogP contribution in [0.15, 0.2) is 47.4 Å². The third kappa shape index (κ3) is 4.75. The molecule has 2 aromatic rings. The van der Waals surface area contributed by atoms with Crippen LogP contribution in [0.25, 0.3) is 6.08 Å². The summed E-state index contributed by atoms with van der Waals surface area (Å²) < 4.78 is 27.0. The quantitative estimate of drug-likeness (QED) is 0.780. The van der Waals surface area contributed by atoms with E-state index in [1.807, 2.05) is 11.8 Å². The van der Waals surface area contributed by atoms with Gasteiger partial charge in [0, 0.05) is 66.4 Å². The first-order valence-corrected chi connectivity index (χ1v) is 11.1. The summed E-state index contributed by atoms with van der Waals surface area (Å²) in [6.07, 6.45) is 2.25. The van der Waals surface area contributed by atoms with E-state index in [4.69, 9.17) is 0 Å². The fourth-order valence-corrected chi connectivity index (χ4v) is 5.21. The number of nitrogens with one attached hydrogen (secondary N) is 1. The minimum atomic E-state index is -0.802. The summed E-state index contributed by atoms with van der Waals surface area (Å²) >= 11 is 1.84. The lowest BCUT2D eigenvalue weighted by Crippen LogP contribution is -2.54. The van der Waals surface area contributed by atoms with Crippen molar-refractivity contribution in [3.8, 4) is 0 Å². The molecule has 154 valence electrons. The lowest BCUT2D eigenvalue weighted by Gasteiger charge is -2.38. The SMILES string of the molecule is CC1CN(c2ccccc2C=C2CN(c3ccc(F)c(F)c3)CCS2)CC(C)N1. The van der Waals surface area contributed by atoms with E-state index in [0.29, 0.717) is 18.6 Å². The van der Waals surface area contributed by atoms with Crippen molar-refractivity contribution >= 4 is 29.2 Å². The van der Waals surface area contributed by atoms with Crippen LogP contribution in [0.3, 0.4) is 0 Å². The Hall–Kier alpha value is -2.05. The molecule has 2 saturated heterocycles. The van der Waals surface area contributed by atoms with E-state index in [1.165, 1.54) is 28.3 Å². The molecule has 0 radical (unpaired) electrons. The van der Waals surface area contributed by atoms with E-state index in [2.05, 4.69) is 59.3 Å². The minimum absolute atomic E-state index is 0.451. The number of anilines is 2. The Morgan fingerprint density at radius 2 is 1.76 bits per heavy atom. The van der Waals surface area contributed by atoms with Gasteiger partial charge in [-0.25, -0.2) is 8.78 Å². The van der Waals surface area contributed by atoms with Crippen molar-refractivity contribution in [3.05, 3.63) is 64.6 Å². The molecule has 0 aromatic heterocycles. The first kappa shape index (κ1) is 20.2.